The summed E-state index contributed by atoms with van der Waals surface area (Å²) >= 11 is 0. The summed E-state index contributed by atoms with van der Waals surface area (Å²) < 4.78 is 38.9. The Morgan fingerprint density at radius 2 is 1.69 bits per heavy atom. The summed E-state index contributed by atoms with van der Waals surface area (Å²) in [7, 11) is 0. The molecule has 2 aromatic carbocycles. The van der Waals surface area contributed by atoms with Crippen LogP contribution in [0.3, 0.4) is 0 Å². The monoisotopic (exact) mass is 363 g/mol. The molecule has 0 spiro atoms. The molecule has 8 heteroatoms. The van der Waals surface area contributed by atoms with Gasteiger partial charge in [0.15, 0.2) is 0 Å². The fourth-order valence-electron chi connectivity index (χ4n) is 2.83. The van der Waals surface area contributed by atoms with Gasteiger partial charge in [-0.15, -0.1) is 0 Å². The van der Waals surface area contributed by atoms with Crippen molar-refractivity contribution in [1.82, 2.24) is 5.32 Å². The highest BCUT2D eigenvalue weighted by Gasteiger charge is 2.35. The van der Waals surface area contributed by atoms with Crippen LogP contribution < -0.4 is 15.5 Å². The van der Waals surface area contributed by atoms with Crippen LogP contribution in [0.15, 0.2) is 54.6 Å². The van der Waals surface area contributed by atoms with E-state index in [4.69, 9.17) is 0 Å². The number of anilines is 2. The van der Waals surface area contributed by atoms with E-state index < -0.39 is 23.8 Å². The third kappa shape index (κ3) is 3.79. The van der Waals surface area contributed by atoms with E-state index in [-0.39, 0.29) is 11.6 Å². The lowest BCUT2D eigenvalue weighted by Gasteiger charge is -2.18. The number of halogens is 3. The first kappa shape index (κ1) is 17.8. The van der Waals surface area contributed by atoms with Crippen molar-refractivity contribution in [3.05, 3.63) is 60.2 Å². The van der Waals surface area contributed by atoms with E-state index in [0.717, 1.165) is 12.1 Å². The summed E-state index contributed by atoms with van der Waals surface area (Å²) in [5, 5.41) is 4.63. The zero-order valence-electron chi connectivity index (χ0n) is 13.6. The topological polar surface area (TPSA) is 61.4 Å². The molecule has 3 rings (SSSR count). The predicted octanol–water partition coefficient (Wildman–Crippen LogP) is 3.63. The highest BCUT2D eigenvalue weighted by molar-refractivity contribution is 6.02. The molecule has 0 aromatic heterocycles. The molecule has 0 saturated carbocycles. The molecule has 2 aromatic rings. The molecular formula is C18H16F3N3O2. The first-order valence-electron chi connectivity index (χ1n) is 7.96. The number of para-hydroxylation sites is 2. The number of alkyl halides is 3. The van der Waals surface area contributed by atoms with Crippen LogP contribution in [0.2, 0.25) is 0 Å². The molecule has 26 heavy (non-hydrogen) atoms. The van der Waals surface area contributed by atoms with Gasteiger partial charge in [-0.2, -0.15) is 13.2 Å². The number of nitrogens with zero attached hydrogens (tertiary/aromatic N) is 1. The van der Waals surface area contributed by atoms with Crippen molar-refractivity contribution >= 4 is 23.3 Å². The Morgan fingerprint density at radius 1 is 1.04 bits per heavy atom. The van der Waals surface area contributed by atoms with Gasteiger partial charge in [0.25, 0.3) is 0 Å². The van der Waals surface area contributed by atoms with Crippen molar-refractivity contribution in [2.45, 2.75) is 18.6 Å². The number of benzene rings is 2. The maximum Gasteiger partial charge on any atom is 0.418 e. The molecule has 0 aliphatic carbocycles. The fraction of sp³-hybridized carbons (Fsp3) is 0.222. The third-order valence-corrected chi connectivity index (χ3v) is 4.06. The van der Waals surface area contributed by atoms with Gasteiger partial charge in [-0.1, -0.05) is 30.3 Å². The number of carbonyl (C=O) groups excluding carboxylic acids is 2. The second-order valence-electron chi connectivity index (χ2n) is 5.81. The molecule has 136 valence electrons. The van der Waals surface area contributed by atoms with Crippen LogP contribution in [0.5, 0.6) is 0 Å². The Balaban J connectivity index is 1.66. The normalized spacial score (nSPS) is 17.3. The molecule has 1 heterocycles. The number of amides is 3. The molecule has 1 fully saturated rings. The smallest absolute Gasteiger partial charge is 0.326 e. The molecule has 1 aliphatic rings. The minimum atomic E-state index is -4.59. The van der Waals surface area contributed by atoms with Crippen LogP contribution in [-0.2, 0) is 11.0 Å². The number of carbonyl (C=O) groups is 2. The molecule has 1 aliphatic heterocycles. The Hall–Kier alpha value is -3.03. The van der Waals surface area contributed by atoms with Crippen LogP contribution in [0, 0.1) is 0 Å². The Morgan fingerprint density at radius 3 is 2.38 bits per heavy atom. The second-order valence-corrected chi connectivity index (χ2v) is 5.81. The van der Waals surface area contributed by atoms with Gasteiger partial charge in [-0.05, 0) is 30.7 Å². The van der Waals surface area contributed by atoms with Crippen molar-refractivity contribution in [3.8, 4) is 0 Å². The molecule has 0 bridgehead atoms. The first-order valence-corrected chi connectivity index (χ1v) is 7.96. The zero-order valence-corrected chi connectivity index (χ0v) is 13.6. The maximum absolute atomic E-state index is 13.0. The average Bonchev–Trinajstić information content (AvgIpc) is 2.96. The lowest BCUT2D eigenvalue weighted by Crippen LogP contribution is -2.43. The van der Waals surface area contributed by atoms with E-state index in [2.05, 4.69) is 10.6 Å². The summed E-state index contributed by atoms with van der Waals surface area (Å²) in [6.45, 7) is 0.424. The summed E-state index contributed by atoms with van der Waals surface area (Å²) in [5.41, 5.74) is -0.591. The molecule has 1 atom stereocenters. The van der Waals surface area contributed by atoms with Crippen molar-refractivity contribution in [2.75, 3.05) is 16.8 Å². The molecule has 3 amide bonds. The van der Waals surface area contributed by atoms with E-state index in [0.29, 0.717) is 18.7 Å². The maximum atomic E-state index is 13.0. The zero-order chi connectivity index (χ0) is 18.7. The van der Waals surface area contributed by atoms with Gasteiger partial charge in [-0.3, -0.25) is 4.79 Å². The number of hydrogen-bond acceptors (Lipinski definition) is 2. The highest BCUT2D eigenvalue weighted by atomic mass is 19.4. The van der Waals surface area contributed by atoms with Crippen LogP contribution in [0.25, 0.3) is 0 Å². The van der Waals surface area contributed by atoms with Crippen LogP contribution in [0.4, 0.5) is 29.3 Å². The lowest BCUT2D eigenvalue weighted by atomic mass is 10.1. The Labute approximate surface area is 147 Å². The van der Waals surface area contributed by atoms with Crippen molar-refractivity contribution in [3.63, 3.8) is 0 Å². The van der Waals surface area contributed by atoms with Gasteiger partial charge in [0, 0.05) is 12.2 Å². The van der Waals surface area contributed by atoms with E-state index in [9.17, 15) is 22.8 Å². The number of nitrogens with one attached hydrogen (secondary N) is 2. The minimum Gasteiger partial charge on any atom is -0.326 e. The van der Waals surface area contributed by atoms with Gasteiger partial charge in [-0.25, -0.2) is 4.79 Å². The van der Waals surface area contributed by atoms with Crippen LogP contribution >= 0.6 is 0 Å². The fourth-order valence-corrected chi connectivity index (χ4v) is 2.83. The summed E-state index contributed by atoms with van der Waals surface area (Å²) in [6, 6.07) is 12.0. The molecule has 5 nitrogen and oxygen atoms in total. The SMILES string of the molecule is O=C(Nc1ccccc1C(F)(F)F)N[C@@H]1CCN(c2ccccc2)C1=O. The van der Waals surface area contributed by atoms with Gasteiger partial charge < -0.3 is 15.5 Å². The molecule has 0 radical (unpaired) electrons. The molecular weight excluding hydrogens is 347 g/mol. The van der Waals surface area contributed by atoms with E-state index in [1.807, 2.05) is 6.07 Å². The summed E-state index contributed by atoms with van der Waals surface area (Å²) in [5.74, 6) is -0.296. The lowest BCUT2D eigenvalue weighted by molar-refractivity contribution is -0.137. The van der Waals surface area contributed by atoms with E-state index in [1.54, 1.807) is 24.3 Å². The summed E-state index contributed by atoms with van der Waals surface area (Å²) in [6.07, 6.45) is -4.21. The Bertz CT molecular complexity index is 809. The van der Waals surface area contributed by atoms with Gasteiger partial charge in [0.05, 0.1) is 11.3 Å². The largest absolute Gasteiger partial charge is 0.418 e. The quantitative estimate of drug-likeness (QED) is 0.875. The van der Waals surface area contributed by atoms with Crippen molar-refractivity contribution in [1.29, 1.82) is 0 Å². The minimum absolute atomic E-state index is 0.296. The van der Waals surface area contributed by atoms with Crippen LogP contribution in [0.1, 0.15) is 12.0 Å². The van der Waals surface area contributed by atoms with Gasteiger partial charge >= 0.3 is 12.2 Å². The van der Waals surface area contributed by atoms with E-state index >= 15 is 0 Å². The number of rotatable bonds is 3. The highest BCUT2D eigenvalue weighted by Crippen LogP contribution is 2.34. The molecule has 0 unspecified atom stereocenters. The standard InChI is InChI=1S/C18H16F3N3O2/c19-18(20,21)13-8-4-5-9-14(13)22-17(26)23-15-10-11-24(16(15)25)12-6-2-1-3-7-12/h1-9,15H,10-11H2,(H2,22,23,26)/t15-/m1/s1. The molecule has 2 N–H and O–H groups in total. The average molecular weight is 363 g/mol. The second kappa shape index (κ2) is 7.07. The number of urea groups is 1. The predicted molar refractivity (Wildman–Crippen MR) is 90.8 cm³/mol. The third-order valence-electron chi connectivity index (χ3n) is 4.06. The van der Waals surface area contributed by atoms with Crippen molar-refractivity contribution < 1.29 is 22.8 Å². The van der Waals surface area contributed by atoms with E-state index in [1.165, 1.54) is 17.0 Å². The Kier molecular flexibility index (Phi) is 4.83. The van der Waals surface area contributed by atoms with Crippen molar-refractivity contribution in [2.24, 2.45) is 0 Å². The van der Waals surface area contributed by atoms with Gasteiger partial charge in [0.1, 0.15) is 6.04 Å². The summed E-state index contributed by atoms with van der Waals surface area (Å²) in [4.78, 5) is 26.0. The van der Waals surface area contributed by atoms with Crippen LogP contribution in [-0.4, -0.2) is 24.5 Å². The van der Waals surface area contributed by atoms with Gasteiger partial charge in [0.2, 0.25) is 5.91 Å². The number of hydrogen-bond donors (Lipinski definition) is 2. The molecule has 1 saturated heterocycles. The first-order chi connectivity index (χ1) is 12.4.